The van der Waals surface area contributed by atoms with E-state index in [0.29, 0.717) is 17.1 Å². The maximum Gasteiger partial charge on any atom is 0.330 e. The van der Waals surface area contributed by atoms with E-state index in [1.807, 2.05) is 78.9 Å². The average molecular weight is 780 g/mol. The minimum Gasteiger partial charge on any atom is -0.497 e. The summed E-state index contributed by atoms with van der Waals surface area (Å²) in [7, 11) is 4.80. The summed E-state index contributed by atoms with van der Waals surface area (Å²) in [4.78, 5) is 28.3. The summed E-state index contributed by atoms with van der Waals surface area (Å²) in [6, 6.07) is 25.6. The molecule has 0 saturated carbocycles. The van der Waals surface area contributed by atoms with E-state index in [9.17, 15) is 9.59 Å². The number of H-pyrrole nitrogens is 1. The fourth-order valence-electron chi connectivity index (χ4n) is 6.96. The van der Waals surface area contributed by atoms with E-state index in [1.54, 1.807) is 35.4 Å². The summed E-state index contributed by atoms with van der Waals surface area (Å²) in [5, 5.41) is 0. The minimum absolute atomic E-state index is 0.0222. The van der Waals surface area contributed by atoms with E-state index in [2.05, 4.69) is 37.3 Å². The molecule has 2 heterocycles. The lowest BCUT2D eigenvalue weighted by atomic mass is 9.80. The Hall–Kier alpha value is -3.91. The van der Waals surface area contributed by atoms with Gasteiger partial charge in [-0.1, -0.05) is 54.6 Å². The zero-order valence-corrected chi connectivity index (χ0v) is 34.0. The van der Waals surface area contributed by atoms with Crippen molar-refractivity contribution in [1.82, 2.24) is 14.2 Å². The molecule has 1 aliphatic rings. The zero-order chi connectivity index (χ0) is 39.7. The highest BCUT2D eigenvalue weighted by molar-refractivity contribution is 7.44. The molecule has 13 nitrogen and oxygen atoms in total. The van der Waals surface area contributed by atoms with E-state index < -0.39 is 49.9 Å². The number of ether oxygens (including phenoxy) is 6. The standard InChI is InChI=1S/C41H54N3O10P/c1-27(2)44(28(3)4)55(50-9)54-36-35(53-39(37(36)51-24-23-47-6)43-25-29(5)38(45)42-40(43)46)26-52-41(30-13-11-10-12-14-30,31-15-19-33(48-7)20-16-31)32-17-21-34(49-8)22-18-32/h10-22,25,27-28,35-37,39H,23-24,26H2,1-9H3,(H,42,45,46)/t35-,36-,37-,39-,55?/m1/s1. The first-order valence-electron chi connectivity index (χ1n) is 18.3. The summed E-state index contributed by atoms with van der Waals surface area (Å²) in [5.41, 5.74) is 0.575. The Bertz CT molecular complexity index is 1850. The molecule has 1 aliphatic heterocycles. The molecular weight excluding hydrogens is 725 g/mol. The Labute approximate surface area is 324 Å². The van der Waals surface area contributed by atoms with E-state index in [1.165, 1.54) is 10.8 Å². The van der Waals surface area contributed by atoms with Crippen LogP contribution in [0.5, 0.6) is 11.5 Å². The van der Waals surface area contributed by atoms with Crippen LogP contribution >= 0.6 is 8.53 Å². The molecule has 5 rings (SSSR count). The van der Waals surface area contributed by atoms with Crippen molar-refractivity contribution in [2.24, 2.45) is 0 Å². The maximum atomic E-state index is 13.4. The molecule has 298 valence electrons. The van der Waals surface area contributed by atoms with Crippen LogP contribution in [0.15, 0.2) is 94.6 Å². The van der Waals surface area contributed by atoms with Gasteiger partial charge in [-0.15, -0.1) is 0 Å². The van der Waals surface area contributed by atoms with Crippen LogP contribution in [0.3, 0.4) is 0 Å². The molecule has 1 N–H and O–H groups in total. The number of aromatic amines is 1. The Morgan fingerprint density at radius 1 is 0.800 bits per heavy atom. The van der Waals surface area contributed by atoms with Gasteiger partial charge in [0.25, 0.3) is 14.1 Å². The van der Waals surface area contributed by atoms with Gasteiger partial charge >= 0.3 is 5.69 Å². The first kappa shape index (κ1) is 42.2. The lowest BCUT2D eigenvalue weighted by molar-refractivity contribution is -0.0991. The van der Waals surface area contributed by atoms with Gasteiger partial charge in [0.15, 0.2) is 6.23 Å². The Balaban J connectivity index is 1.67. The van der Waals surface area contributed by atoms with Crippen molar-refractivity contribution >= 4 is 8.53 Å². The van der Waals surface area contributed by atoms with Crippen molar-refractivity contribution in [2.45, 2.75) is 76.8 Å². The molecule has 1 fully saturated rings. The SMILES string of the molecule is COCCO[C@@H]1[C@H](OP(OC)N(C(C)C)C(C)C)[C@@H](COC(c2ccccc2)(c2ccc(OC)cc2)c2ccc(OC)cc2)O[C@H]1n1cc(C)c(=O)[nH]c1=O. The molecule has 3 aromatic carbocycles. The third-order valence-electron chi connectivity index (χ3n) is 9.56. The smallest absolute Gasteiger partial charge is 0.330 e. The first-order valence-corrected chi connectivity index (χ1v) is 19.5. The van der Waals surface area contributed by atoms with Crippen molar-refractivity contribution in [2.75, 3.05) is 48.3 Å². The largest absolute Gasteiger partial charge is 0.497 e. The van der Waals surface area contributed by atoms with Gasteiger partial charge in [0.05, 0.1) is 34.0 Å². The lowest BCUT2D eigenvalue weighted by Crippen LogP contribution is -2.44. The van der Waals surface area contributed by atoms with Gasteiger partial charge in [0.1, 0.15) is 35.4 Å². The van der Waals surface area contributed by atoms with Crippen LogP contribution in [0.4, 0.5) is 0 Å². The third kappa shape index (κ3) is 9.39. The predicted octanol–water partition coefficient (Wildman–Crippen LogP) is 6.18. The highest BCUT2D eigenvalue weighted by Crippen LogP contribution is 2.50. The number of rotatable bonds is 19. The van der Waals surface area contributed by atoms with Crippen molar-refractivity contribution in [3.8, 4) is 11.5 Å². The summed E-state index contributed by atoms with van der Waals surface area (Å²) < 4.78 is 53.5. The van der Waals surface area contributed by atoms with Gasteiger partial charge in [0, 0.05) is 38.1 Å². The molecule has 0 spiro atoms. The van der Waals surface area contributed by atoms with Crippen LogP contribution in [0, 0.1) is 6.92 Å². The average Bonchev–Trinajstić information content (AvgIpc) is 3.52. The van der Waals surface area contributed by atoms with Crippen LogP contribution in [0.25, 0.3) is 0 Å². The number of benzene rings is 3. The molecule has 0 radical (unpaired) electrons. The Kier molecular flexibility index (Phi) is 14.8. The van der Waals surface area contributed by atoms with Gasteiger partial charge in [-0.2, -0.15) is 0 Å². The van der Waals surface area contributed by atoms with Crippen molar-refractivity contribution < 1.29 is 37.5 Å². The van der Waals surface area contributed by atoms with Crippen LogP contribution in [0.1, 0.15) is 56.2 Å². The van der Waals surface area contributed by atoms with E-state index >= 15 is 0 Å². The quantitative estimate of drug-likeness (QED) is 0.0666. The number of nitrogens with one attached hydrogen (secondary N) is 1. The summed E-state index contributed by atoms with van der Waals surface area (Å²) in [6.07, 6.45) is -1.99. The van der Waals surface area contributed by atoms with Crippen LogP contribution in [0.2, 0.25) is 0 Å². The molecule has 1 saturated heterocycles. The number of aromatic nitrogens is 2. The second-order valence-corrected chi connectivity index (χ2v) is 15.3. The number of aryl methyl sites for hydroxylation is 1. The molecule has 0 bridgehead atoms. The van der Waals surface area contributed by atoms with Crippen LogP contribution < -0.4 is 20.7 Å². The molecular formula is C41H54N3O10P. The second-order valence-electron chi connectivity index (χ2n) is 13.7. The van der Waals surface area contributed by atoms with Gasteiger partial charge < -0.3 is 37.5 Å². The van der Waals surface area contributed by atoms with E-state index in [0.717, 1.165) is 16.7 Å². The molecule has 55 heavy (non-hydrogen) atoms. The molecule has 0 aliphatic carbocycles. The fourth-order valence-corrected chi connectivity index (χ4v) is 8.57. The molecule has 4 aromatic rings. The van der Waals surface area contributed by atoms with E-state index in [4.69, 9.17) is 37.5 Å². The maximum absolute atomic E-state index is 13.4. The van der Waals surface area contributed by atoms with Crippen molar-refractivity contribution in [1.29, 1.82) is 0 Å². The molecule has 0 amide bonds. The number of methoxy groups -OCH3 is 3. The molecule has 5 atom stereocenters. The summed E-state index contributed by atoms with van der Waals surface area (Å²) >= 11 is 0. The highest BCUT2D eigenvalue weighted by Gasteiger charge is 2.51. The number of nitrogens with zero attached hydrogens (tertiary/aromatic N) is 2. The van der Waals surface area contributed by atoms with E-state index in [-0.39, 0.29) is 31.9 Å². The zero-order valence-electron chi connectivity index (χ0n) is 33.1. The topological polar surface area (TPSA) is 132 Å². The monoisotopic (exact) mass is 779 g/mol. The summed E-state index contributed by atoms with van der Waals surface area (Å²) in [6.45, 7) is 10.4. The molecule has 14 heteroatoms. The Morgan fingerprint density at radius 3 is 1.87 bits per heavy atom. The molecule has 1 unspecified atom stereocenters. The van der Waals surface area contributed by atoms with Gasteiger partial charge in [0.2, 0.25) is 0 Å². The van der Waals surface area contributed by atoms with Gasteiger partial charge in [-0.25, -0.2) is 9.46 Å². The fraction of sp³-hybridized carbons (Fsp3) is 0.463. The Morgan fingerprint density at radius 2 is 1.36 bits per heavy atom. The number of hydrogen-bond acceptors (Lipinski definition) is 11. The van der Waals surface area contributed by atoms with Crippen molar-refractivity contribution in [3.05, 3.63) is 128 Å². The van der Waals surface area contributed by atoms with Gasteiger partial charge in [-0.3, -0.25) is 14.3 Å². The normalized spacial score (nSPS) is 19.3. The lowest BCUT2D eigenvalue weighted by Gasteiger charge is -2.39. The first-order chi connectivity index (χ1) is 26.5. The number of hydrogen-bond donors (Lipinski definition) is 1. The second kappa shape index (κ2) is 19.3. The highest BCUT2D eigenvalue weighted by atomic mass is 31.2. The minimum atomic E-state index is -1.66. The van der Waals surface area contributed by atoms with Gasteiger partial charge in [-0.05, 0) is 75.6 Å². The van der Waals surface area contributed by atoms with Crippen LogP contribution in [-0.2, 0) is 33.6 Å². The predicted molar refractivity (Wildman–Crippen MR) is 211 cm³/mol. The van der Waals surface area contributed by atoms with Crippen LogP contribution in [-0.4, -0.2) is 92.9 Å². The summed E-state index contributed by atoms with van der Waals surface area (Å²) in [5.74, 6) is 1.39. The third-order valence-corrected chi connectivity index (χ3v) is 11.6. The molecule has 1 aromatic heterocycles. The van der Waals surface area contributed by atoms with Crippen molar-refractivity contribution in [3.63, 3.8) is 0 Å².